The summed E-state index contributed by atoms with van der Waals surface area (Å²) in [6.07, 6.45) is 4.38. The SMILES string of the molecule is Cn1c(SCc2cn3cc(Cl)ccc3n2)nnc1C1CCS(=O)(=O)C1. The molecule has 132 valence electrons. The summed E-state index contributed by atoms with van der Waals surface area (Å²) in [6.45, 7) is 0. The van der Waals surface area contributed by atoms with Crippen molar-refractivity contribution < 1.29 is 8.42 Å². The van der Waals surface area contributed by atoms with Crippen LogP contribution in [0, 0.1) is 0 Å². The number of hydrogen-bond acceptors (Lipinski definition) is 6. The van der Waals surface area contributed by atoms with Gasteiger partial charge in [0.1, 0.15) is 11.5 Å². The second-order valence-corrected chi connectivity index (χ2v) is 9.74. The number of halogens is 1. The number of thioether (sulfide) groups is 1. The van der Waals surface area contributed by atoms with Gasteiger partial charge in [0, 0.05) is 31.1 Å². The minimum atomic E-state index is -2.94. The summed E-state index contributed by atoms with van der Waals surface area (Å²) in [5.74, 6) is 1.72. The summed E-state index contributed by atoms with van der Waals surface area (Å²) >= 11 is 7.52. The number of fused-ring (bicyclic) bond motifs is 1. The van der Waals surface area contributed by atoms with E-state index < -0.39 is 9.84 Å². The maximum Gasteiger partial charge on any atom is 0.191 e. The van der Waals surface area contributed by atoms with Crippen molar-refractivity contribution in [2.24, 2.45) is 7.05 Å². The van der Waals surface area contributed by atoms with Crippen LogP contribution in [0.3, 0.4) is 0 Å². The van der Waals surface area contributed by atoms with E-state index >= 15 is 0 Å². The van der Waals surface area contributed by atoms with Crippen molar-refractivity contribution in [1.29, 1.82) is 0 Å². The lowest BCUT2D eigenvalue weighted by Gasteiger charge is -2.07. The normalized spacial score (nSPS) is 19.7. The number of nitrogens with zero attached hydrogens (tertiary/aromatic N) is 5. The van der Waals surface area contributed by atoms with Crippen LogP contribution in [-0.4, -0.2) is 44.1 Å². The van der Waals surface area contributed by atoms with Crippen molar-refractivity contribution in [2.45, 2.75) is 23.2 Å². The highest BCUT2D eigenvalue weighted by atomic mass is 35.5. The van der Waals surface area contributed by atoms with Crippen molar-refractivity contribution in [2.75, 3.05) is 11.5 Å². The van der Waals surface area contributed by atoms with Crippen LogP contribution in [0.15, 0.2) is 29.7 Å². The first-order valence-corrected chi connectivity index (χ1v) is 11.0. The zero-order valence-electron chi connectivity index (χ0n) is 13.5. The molecule has 0 aliphatic carbocycles. The van der Waals surface area contributed by atoms with Crippen LogP contribution >= 0.6 is 23.4 Å². The summed E-state index contributed by atoms with van der Waals surface area (Å²) in [5, 5.41) is 9.85. The number of rotatable bonds is 4. The number of pyridine rings is 1. The van der Waals surface area contributed by atoms with Gasteiger partial charge in [-0.25, -0.2) is 13.4 Å². The Bertz CT molecular complexity index is 1040. The van der Waals surface area contributed by atoms with E-state index in [4.69, 9.17) is 11.6 Å². The molecule has 0 spiro atoms. The molecule has 0 aromatic carbocycles. The van der Waals surface area contributed by atoms with Crippen molar-refractivity contribution in [1.82, 2.24) is 24.1 Å². The molecule has 0 N–H and O–H groups in total. The standard InChI is InChI=1S/C15H16ClN5O2S2/c1-20-14(10-4-5-25(22,23)9-10)18-19-15(20)24-8-12-7-21-6-11(16)2-3-13(21)17-12/h2-3,6-7,10H,4-5,8-9H2,1H3. The molecule has 3 aromatic heterocycles. The van der Waals surface area contributed by atoms with Crippen LogP contribution in [0.2, 0.25) is 5.02 Å². The van der Waals surface area contributed by atoms with E-state index in [-0.39, 0.29) is 17.4 Å². The van der Waals surface area contributed by atoms with Gasteiger partial charge in [0.05, 0.1) is 22.2 Å². The van der Waals surface area contributed by atoms with E-state index in [0.717, 1.165) is 22.3 Å². The molecule has 0 bridgehead atoms. The minimum Gasteiger partial charge on any atom is -0.309 e. The predicted octanol–water partition coefficient (Wildman–Crippen LogP) is 2.31. The average molecular weight is 398 g/mol. The highest BCUT2D eigenvalue weighted by Crippen LogP contribution is 2.30. The summed E-state index contributed by atoms with van der Waals surface area (Å²) in [4.78, 5) is 4.55. The highest BCUT2D eigenvalue weighted by Gasteiger charge is 2.32. The molecule has 3 aromatic rings. The summed E-state index contributed by atoms with van der Waals surface area (Å²) in [5.41, 5.74) is 1.76. The number of aromatic nitrogens is 5. The molecule has 1 unspecified atom stereocenters. The third-order valence-corrected chi connectivity index (χ3v) is 7.33. The Kier molecular flexibility index (Phi) is 4.25. The first kappa shape index (κ1) is 16.9. The minimum absolute atomic E-state index is 0.0609. The van der Waals surface area contributed by atoms with Gasteiger partial charge in [-0.3, -0.25) is 0 Å². The number of sulfone groups is 1. The zero-order valence-corrected chi connectivity index (χ0v) is 15.9. The lowest BCUT2D eigenvalue weighted by atomic mass is 10.1. The molecule has 1 atom stereocenters. The first-order chi connectivity index (χ1) is 11.9. The maximum atomic E-state index is 11.7. The molecule has 1 aliphatic heterocycles. The fourth-order valence-corrected chi connectivity index (χ4v) is 5.74. The van der Waals surface area contributed by atoms with Crippen LogP contribution in [0.5, 0.6) is 0 Å². The molecular weight excluding hydrogens is 382 g/mol. The molecule has 25 heavy (non-hydrogen) atoms. The Morgan fingerprint density at radius 3 is 2.92 bits per heavy atom. The van der Waals surface area contributed by atoms with E-state index in [1.807, 2.05) is 40.5 Å². The topological polar surface area (TPSA) is 82.2 Å². The summed E-state index contributed by atoms with van der Waals surface area (Å²) in [6, 6.07) is 3.68. The van der Waals surface area contributed by atoms with Gasteiger partial charge < -0.3 is 8.97 Å². The van der Waals surface area contributed by atoms with Gasteiger partial charge >= 0.3 is 0 Å². The lowest BCUT2D eigenvalue weighted by molar-refractivity contribution is 0.599. The van der Waals surface area contributed by atoms with Crippen molar-refractivity contribution >= 4 is 38.8 Å². The van der Waals surface area contributed by atoms with Gasteiger partial charge in [0.25, 0.3) is 0 Å². The monoisotopic (exact) mass is 397 g/mol. The van der Waals surface area contributed by atoms with E-state index in [9.17, 15) is 8.42 Å². The molecule has 1 saturated heterocycles. The highest BCUT2D eigenvalue weighted by molar-refractivity contribution is 7.98. The second-order valence-electron chi connectivity index (χ2n) is 6.13. The summed E-state index contributed by atoms with van der Waals surface area (Å²) in [7, 11) is -1.06. The molecule has 4 heterocycles. The molecule has 0 amide bonds. The molecule has 4 rings (SSSR count). The first-order valence-electron chi connectivity index (χ1n) is 7.77. The molecule has 10 heteroatoms. The van der Waals surface area contributed by atoms with Crippen LogP contribution < -0.4 is 0 Å². The van der Waals surface area contributed by atoms with Gasteiger partial charge in [0.2, 0.25) is 0 Å². The molecule has 0 radical (unpaired) electrons. The van der Waals surface area contributed by atoms with Crippen LogP contribution in [-0.2, 0) is 22.6 Å². The Balaban J connectivity index is 1.49. The second kappa shape index (κ2) is 6.30. The molecule has 1 aliphatic rings. The fourth-order valence-electron chi connectivity index (χ4n) is 3.03. The van der Waals surface area contributed by atoms with Crippen molar-refractivity contribution in [3.8, 4) is 0 Å². The van der Waals surface area contributed by atoms with Crippen LogP contribution in [0.4, 0.5) is 0 Å². The maximum absolute atomic E-state index is 11.7. The van der Waals surface area contributed by atoms with E-state index in [1.165, 1.54) is 11.8 Å². The van der Waals surface area contributed by atoms with Gasteiger partial charge in [-0.1, -0.05) is 23.4 Å². The van der Waals surface area contributed by atoms with Crippen molar-refractivity contribution in [3.05, 3.63) is 41.1 Å². The third kappa shape index (κ3) is 3.40. The Hall–Kier alpha value is -1.58. The largest absolute Gasteiger partial charge is 0.309 e. The predicted molar refractivity (Wildman–Crippen MR) is 96.8 cm³/mol. The Labute approximate surface area is 154 Å². The number of imidazole rings is 1. The molecule has 0 saturated carbocycles. The van der Waals surface area contributed by atoms with Gasteiger partial charge in [0.15, 0.2) is 15.0 Å². The van der Waals surface area contributed by atoms with Gasteiger partial charge in [-0.15, -0.1) is 10.2 Å². The summed E-state index contributed by atoms with van der Waals surface area (Å²) < 4.78 is 27.1. The molecule has 7 nitrogen and oxygen atoms in total. The Morgan fingerprint density at radius 2 is 2.16 bits per heavy atom. The lowest BCUT2D eigenvalue weighted by Crippen LogP contribution is -2.09. The van der Waals surface area contributed by atoms with Crippen molar-refractivity contribution in [3.63, 3.8) is 0 Å². The van der Waals surface area contributed by atoms with E-state index in [0.29, 0.717) is 17.2 Å². The average Bonchev–Trinajstić information content (AvgIpc) is 3.22. The fraction of sp³-hybridized carbons (Fsp3) is 0.400. The van der Waals surface area contributed by atoms with Gasteiger partial charge in [-0.2, -0.15) is 0 Å². The zero-order chi connectivity index (χ0) is 17.6. The Morgan fingerprint density at radius 1 is 1.32 bits per heavy atom. The smallest absolute Gasteiger partial charge is 0.191 e. The molecular formula is C15H16ClN5O2S2. The quantitative estimate of drug-likeness (QED) is 0.628. The van der Waals surface area contributed by atoms with Crippen LogP contribution in [0.25, 0.3) is 5.65 Å². The van der Waals surface area contributed by atoms with Gasteiger partial charge in [-0.05, 0) is 18.6 Å². The van der Waals surface area contributed by atoms with E-state index in [2.05, 4.69) is 15.2 Å². The third-order valence-electron chi connectivity index (χ3n) is 4.28. The van der Waals surface area contributed by atoms with Crippen LogP contribution in [0.1, 0.15) is 23.9 Å². The van der Waals surface area contributed by atoms with E-state index in [1.54, 1.807) is 0 Å². The number of hydrogen-bond donors (Lipinski definition) is 0. The molecule has 1 fully saturated rings.